The molecule has 1 rings (SSSR count). The van der Waals surface area contributed by atoms with Crippen LogP contribution in [0.5, 0.6) is 0 Å². The Kier molecular flexibility index (Phi) is 4.86. The molecule has 1 heterocycles. The highest BCUT2D eigenvalue weighted by atomic mass is 16.5. The van der Waals surface area contributed by atoms with Crippen molar-refractivity contribution in [3.63, 3.8) is 0 Å². The Hall–Kier alpha value is -1.36. The lowest BCUT2D eigenvalue weighted by atomic mass is 10.2. The highest BCUT2D eigenvalue weighted by molar-refractivity contribution is 5.49. The average Bonchev–Trinajstić information content (AvgIpc) is 2.51. The second-order valence-corrected chi connectivity index (χ2v) is 3.62. The molecule has 0 aliphatic rings. The van der Waals surface area contributed by atoms with Crippen molar-refractivity contribution >= 4 is 6.41 Å². The third-order valence-electron chi connectivity index (χ3n) is 1.35. The van der Waals surface area contributed by atoms with Gasteiger partial charge in [0.1, 0.15) is 0 Å². The van der Waals surface area contributed by atoms with Crippen molar-refractivity contribution in [3.05, 3.63) is 22.6 Å². The smallest absolute Gasteiger partial charge is 0.264 e. The molecular formula is C9H16N2O3. The molecule has 0 bridgehead atoms. The van der Waals surface area contributed by atoms with E-state index in [0.29, 0.717) is 6.41 Å². The summed E-state index contributed by atoms with van der Waals surface area (Å²) >= 11 is 0. The molecule has 0 atom stereocenters. The Balaban J connectivity index is 0.000000255. The van der Waals surface area contributed by atoms with E-state index < -0.39 is 0 Å². The van der Waals surface area contributed by atoms with Crippen molar-refractivity contribution in [3.8, 4) is 0 Å². The van der Waals surface area contributed by atoms with Gasteiger partial charge in [-0.05, 0) is 20.8 Å². The first-order valence-electron chi connectivity index (χ1n) is 4.16. The number of methoxy groups -OCH3 is 1. The lowest BCUT2D eigenvalue weighted by Crippen LogP contribution is -2.15. The van der Waals surface area contributed by atoms with E-state index in [-0.39, 0.29) is 11.2 Å². The van der Waals surface area contributed by atoms with E-state index in [2.05, 4.69) is 5.10 Å². The van der Waals surface area contributed by atoms with Gasteiger partial charge in [0.25, 0.3) is 5.56 Å². The zero-order valence-electron chi connectivity index (χ0n) is 8.90. The highest BCUT2D eigenvalue weighted by Gasteiger charge is 2.03. The summed E-state index contributed by atoms with van der Waals surface area (Å²) in [6.45, 7) is 6.06. The molecule has 0 radical (unpaired) electrons. The number of carbonyl (C=O) groups excluding carboxylic acids is 1. The van der Waals surface area contributed by atoms with Crippen LogP contribution in [-0.2, 0) is 9.53 Å². The third kappa shape index (κ3) is 6.19. The predicted octanol–water partition coefficient (Wildman–Crippen LogP) is 0.646. The number of ether oxygens (including phenoxy) is 1. The molecule has 14 heavy (non-hydrogen) atoms. The summed E-state index contributed by atoms with van der Waals surface area (Å²) in [6.07, 6.45) is 1.87. The molecule has 0 aliphatic heterocycles. The maximum absolute atomic E-state index is 10.2. The average molecular weight is 200 g/mol. The zero-order chi connectivity index (χ0) is 11.2. The number of nitrogens with one attached hydrogen (secondary N) is 1. The van der Waals surface area contributed by atoms with Crippen molar-refractivity contribution in [2.24, 2.45) is 0 Å². The zero-order valence-corrected chi connectivity index (χ0v) is 8.90. The molecule has 0 fully saturated rings. The Morgan fingerprint density at radius 2 is 2.00 bits per heavy atom. The fourth-order valence-electron chi connectivity index (χ4n) is 0.411. The van der Waals surface area contributed by atoms with Crippen LogP contribution in [0.3, 0.4) is 0 Å². The SMILES string of the molecule is COC(C)(C)C.O=Cn1ccc(=O)[nH]1. The van der Waals surface area contributed by atoms with E-state index in [1.165, 1.54) is 12.3 Å². The minimum atomic E-state index is -0.267. The van der Waals surface area contributed by atoms with E-state index in [4.69, 9.17) is 4.74 Å². The molecule has 0 unspecified atom stereocenters. The number of hydrogen-bond acceptors (Lipinski definition) is 3. The number of rotatable bonds is 1. The van der Waals surface area contributed by atoms with Gasteiger partial charge in [-0.3, -0.25) is 14.7 Å². The van der Waals surface area contributed by atoms with Crippen molar-refractivity contribution in [1.29, 1.82) is 0 Å². The molecule has 0 spiro atoms. The number of hydrogen-bond donors (Lipinski definition) is 1. The van der Waals surface area contributed by atoms with Gasteiger partial charge in [0.2, 0.25) is 6.41 Å². The van der Waals surface area contributed by atoms with Gasteiger partial charge >= 0.3 is 0 Å². The van der Waals surface area contributed by atoms with Crippen molar-refractivity contribution < 1.29 is 9.53 Å². The van der Waals surface area contributed by atoms with Crippen LogP contribution in [0.25, 0.3) is 0 Å². The van der Waals surface area contributed by atoms with E-state index >= 15 is 0 Å². The van der Waals surface area contributed by atoms with Gasteiger partial charge in [-0.15, -0.1) is 0 Å². The fourth-order valence-corrected chi connectivity index (χ4v) is 0.411. The second-order valence-electron chi connectivity index (χ2n) is 3.62. The van der Waals surface area contributed by atoms with Crippen LogP contribution in [0.2, 0.25) is 0 Å². The van der Waals surface area contributed by atoms with Gasteiger partial charge in [-0.1, -0.05) is 0 Å². The van der Waals surface area contributed by atoms with Crippen LogP contribution in [0, 0.1) is 0 Å². The molecule has 1 N–H and O–H groups in total. The van der Waals surface area contributed by atoms with E-state index in [1.807, 2.05) is 20.8 Å². The largest absolute Gasteiger partial charge is 0.379 e. The normalized spacial score (nSPS) is 10.3. The molecule has 0 saturated heterocycles. The summed E-state index contributed by atoms with van der Waals surface area (Å²) in [5, 5.41) is 2.22. The molecule has 5 nitrogen and oxygen atoms in total. The second kappa shape index (κ2) is 5.39. The van der Waals surface area contributed by atoms with Crippen LogP contribution >= 0.6 is 0 Å². The van der Waals surface area contributed by atoms with Gasteiger partial charge in [-0.2, -0.15) is 0 Å². The Labute approximate surface area is 82.7 Å². The summed E-state index contributed by atoms with van der Waals surface area (Å²) in [5.74, 6) is 0. The Morgan fingerprint density at radius 1 is 1.50 bits per heavy atom. The van der Waals surface area contributed by atoms with Crippen molar-refractivity contribution in [1.82, 2.24) is 9.78 Å². The van der Waals surface area contributed by atoms with Crippen LogP contribution in [0.15, 0.2) is 17.1 Å². The Morgan fingerprint density at radius 3 is 2.14 bits per heavy atom. The maximum Gasteiger partial charge on any atom is 0.264 e. The first kappa shape index (κ1) is 12.6. The number of aromatic nitrogens is 2. The monoisotopic (exact) mass is 200 g/mol. The summed E-state index contributed by atoms with van der Waals surface area (Å²) in [7, 11) is 1.71. The van der Waals surface area contributed by atoms with Crippen molar-refractivity contribution in [2.45, 2.75) is 26.4 Å². The minimum absolute atomic E-state index is 0.0417. The molecule has 5 heteroatoms. The molecule has 1 aromatic heterocycles. The predicted molar refractivity (Wildman–Crippen MR) is 54.0 cm³/mol. The van der Waals surface area contributed by atoms with E-state index in [1.54, 1.807) is 7.11 Å². The van der Waals surface area contributed by atoms with Crippen LogP contribution in [0.4, 0.5) is 0 Å². The maximum atomic E-state index is 10.2. The third-order valence-corrected chi connectivity index (χ3v) is 1.35. The molecule has 80 valence electrons. The number of carbonyl (C=O) groups is 1. The molecular weight excluding hydrogens is 184 g/mol. The first-order valence-corrected chi connectivity index (χ1v) is 4.16. The summed E-state index contributed by atoms with van der Waals surface area (Å²) < 4.78 is 5.98. The summed E-state index contributed by atoms with van der Waals surface area (Å²) in [4.78, 5) is 20.0. The molecule has 0 amide bonds. The number of nitrogens with zero attached hydrogens (tertiary/aromatic N) is 1. The molecule has 0 aromatic carbocycles. The Bertz CT molecular complexity index is 319. The summed E-state index contributed by atoms with van der Waals surface area (Å²) in [6, 6.07) is 1.27. The molecule has 1 aromatic rings. The topological polar surface area (TPSA) is 64.1 Å². The van der Waals surface area contributed by atoms with Crippen LogP contribution in [0.1, 0.15) is 20.8 Å². The van der Waals surface area contributed by atoms with Gasteiger partial charge in [-0.25, -0.2) is 4.68 Å². The number of aromatic amines is 1. The van der Waals surface area contributed by atoms with Crippen LogP contribution in [-0.4, -0.2) is 28.9 Å². The number of H-pyrrole nitrogens is 1. The van der Waals surface area contributed by atoms with Gasteiger partial charge in [0.05, 0.1) is 5.60 Å². The standard InChI is InChI=1S/C5H12O.C4H4N2O2/c1-5(2,3)6-4;7-3-6-2-1-4(8)5-6/h1-4H3;1-3H,(H,5,8). The van der Waals surface area contributed by atoms with Crippen molar-refractivity contribution in [2.75, 3.05) is 7.11 Å². The van der Waals surface area contributed by atoms with E-state index in [0.717, 1.165) is 4.68 Å². The van der Waals surface area contributed by atoms with Gasteiger partial charge in [0, 0.05) is 19.4 Å². The quantitative estimate of drug-likeness (QED) is 0.677. The fraction of sp³-hybridized carbons (Fsp3) is 0.556. The lowest BCUT2D eigenvalue weighted by Gasteiger charge is -2.14. The van der Waals surface area contributed by atoms with Gasteiger partial charge < -0.3 is 4.74 Å². The van der Waals surface area contributed by atoms with Crippen LogP contribution < -0.4 is 5.56 Å². The first-order chi connectivity index (χ1) is 6.39. The van der Waals surface area contributed by atoms with Gasteiger partial charge in [0.15, 0.2) is 0 Å². The molecule has 0 saturated carbocycles. The summed E-state index contributed by atoms with van der Waals surface area (Å²) in [5.41, 5.74) is -0.225. The minimum Gasteiger partial charge on any atom is -0.379 e. The molecule has 0 aliphatic carbocycles. The van der Waals surface area contributed by atoms with E-state index in [9.17, 15) is 9.59 Å². The highest BCUT2D eigenvalue weighted by Crippen LogP contribution is 2.02. The lowest BCUT2D eigenvalue weighted by molar-refractivity contribution is 0.0397.